The number of hydrogen-bond donors (Lipinski definition) is 3. The number of piperidine rings is 1. The molecule has 0 saturated carbocycles. The number of anilines is 2. The van der Waals surface area contributed by atoms with Crippen LogP contribution < -0.4 is 15.6 Å². The minimum atomic E-state index is -3.91. The standard InChI is InChI=1S/C28H29F2N7O5S/c1-16(2)37-25-23(12-31-27(34-25)32-20-11-19(29)13-36(14-20)28(39)40)33-24(26(37)38)18-8-9-22(21(30)10-18)35-43(41,42)15-17-6-4-3-5-7-17/h3-10,12,16,19-20,35H,11,13-15H2,1-2H3,(H,39,40)(H,31,32,34)/t19-,20-/m0/s1. The summed E-state index contributed by atoms with van der Waals surface area (Å²) in [6, 6.07) is 11.1. The number of nitrogens with one attached hydrogen (secondary N) is 2. The number of halogens is 2. The SMILES string of the molecule is CC(C)n1c(=O)c(-c2ccc(NS(=O)(=O)Cc3ccccc3)c(F)c2)nc2cnc(N[C@H]3C[C@H](F)CN(C(=O)O)C3)nc21. The van der Waals surface area contributed by atoms with Gasteiger partial charge in [-0.15, -0.1) is 0 Å². The van der Waals surface area contributed by atoms with Gasteiger partial charge >= 0.3 is 6.09 Å². The molecule has 15 heteroatoms. The van der Waals surface area contributed by atoms with E-state index >= 15 is 4.39 Å². The lowest BCUT2D eigenvalue weighted by molar-refractivity contribution is 0.102. The minimum absolute atomic E-state index is 0.0370. The first kappa shape index (κ1) is 29.8. The third-order valence-electron chi connectivity index (χ3n) is 6.86. The van der Waals surface area contributed by atoms with Crippen molar-refractivity contribution in [2.45, 2.75) is 44.3 Å². The summed E-state index contributed by atoms with van der Waals surface area (Å²) in [7, 11) is -3.91. The number of alkyl halides is 1. The maximum absolute atomic E-state index is 15.1. The molecule has 2 atom stereocenters. The van der Waals surface area contributed by atoms with Gasteiger partial charge in [-0.2, -0.15) is 4.98 Å². The van der Waals surface area contributed by atoms with Crippen molar-refractivity contribution in [3.63, 3.8) is 0 Å². The highest BCUT2D eigenvalue weighted by Gasteiger charge is 2.30. The zero-order valence-electron chi connectivity index (χ0n) is 23.2. The average Bonchev–Trinajstić information content (AvgIpc) is 2.93. The molecule has 5 rings (SSSR count). The van der Waals surface area contributed by atoms with Crippen LogP contribution in [0.1, 0.15) is 31.9 Å². The minimum Gasteiger partial charge on any atom is -0.465 e. The van der Waals surface area contributed by atoms with Crippen molar-refractivity contribution in [1.29, 1.82) is 0 Å². The zero-order valence-corrected chi connectivity index (χ0v) is 24.1. The molecule has 4 aromatic rings. The van der Waals surface area contributed by atoms with Crippen molar-refractivity contribution < 1.29 is 27.1 Å². The Bertz CT molecular complexity index is 1840. The highest BCUT2D eigenvalue weighted by atomic mass is 32.2. The third kappa shape index (κ3) is 6.71. The first-order valence-electron chi connectivity index (χ1n) is 13.4. The normalized spacial score (nSPS) is 17.3. The van der Waals surface area contributed by atoms with Gasteiger partial charge in [0, 0.05) is 30.6 Å². The predicted octanol–water partition coefficient (Wildman–Crippen LogP) is 4.02. The molecule has 1 saturated heterocycles. The van der Waals surface area contributed by atoms with Crippen LogP contribution in [0.15, 0.2) is 59.5 Å². The lowest BCUT2D eigenvalue weighted by Crippen LogP contribution is -2.49. The highest BCUT2D eigenvalue weighted by Crippen LogP contribution is 2.25. The topological polar surface area (TPSA) is 159 Å². The highest BCUT2D eigenvalue weighted by molar-refractivity contribution is 7.91. The molecule has 0 unspecified atom stereocenters. The number of hydrogen-bond acceptors (Lipinski definition) is 8. The number of carboxylic acid groups (broad SMARTS) is 1. The molecule has 1 amide bonds. The number of carbonyl (C=O) groups is 1. The van der Waals surface area contributed by atoms with Crippen LogP contribution >= 0.6 is 0 Å². The second kappa shape index (κ2) is 11.9. The van der Waals surface area contributed by atoms with Crippen LogP contribution in [0.5, 0.6) is 0 Å². The van der Waals surface area contributed by atoms with Gasteiger partial charge in [-0.3, -0.25) is 14.1 Å². The molecular formula is C28H29F2N7O5S. The molecule has 1 fully saturated rings. The summed E-state index contributed by atoms with van der Waals surface area (Å²) >= 11 is 0. The molecule has 0 spiro atoms. The summed E-state index contributed by atoms with van der Waals surface area (Å²) in [6.45, 7) is 3.33. The fraction of sp³-hybridized carbons (Fsp3) is 0.321. The number of aromatic nitrogens is 4. The van der Waals surface area contributed by atoms with Crippen LogP contribution in [0.3, 0.4) is 0 Å². The largest absolute Gasteiger partial charge is 0.465 e. The molecule has 2 aromatic carbocycles. The van der Waals surface area contributed by atoms with E-state index in [0.717, 1.165) is 11.0 Å². The number of sulfonamides is 1. The van der Waals surface area contributed by atoms with Gasteiger partial charge in [-0.1, -0.05) is 36.4 Å². The van der Waals surface area contributed by atoms with Crippen molar-refractivity contribution in [2.75, 3.05) is 23.1 Å². The Balaban J connectivity index is 1.44. The summed E-state index contributed by atoms with van der Waals surface area (Å²) in [4.78, 5) is 38.9. The van der Waals surface area contributed by atoms with Gasteiger partial charge in [0.05, 0.1) is 24.2 Å². The van der Waals surface area contributed by atoms with E-state index in [1.807, 2.05) is 0 Å². The fourth-order valence-electron chi connectivity index (χ4n) is 4.96. The fourth-order valence-corrected chi connectivity index (χ4v) is 6.17. The van der Waals surface area contributed by atoms with Crippen molar-refractivity contribution >= 4 is 38.9 Å². The third-order valence-corrected chi connectivity index (χ3v) is 8.10. The Morgan fingerprint density at radius 2 is 1.88 bits per heavy atom. The summed E-state index contributed by atoms with van der Waals surface area (Å²) in [5.74, 6) is -1.17. The maximum atomic E-state index is 15.1. The van der Waals surface area contributed by atoms with Gasteiger partial charge in [0.2, 0.25) is 16.0 Å². The zero-order chi connectivity index (χ0) is 30.9. The molecule has 1 aliphatic rings. The molecule has 3 heterocycles. The molecular weight excluding hydrogens is 584 g/mol. The number of nitrogens with zero attached hydrogens (tertiary/aromatic N) is 5. The summed E-state index contributed by atoms with van der Waals surface area (Å²) < 4.78 is 58.1. The van der Waals surface area contributed by atoms with Crippen LogP contribution in [-0.4, -0.2) is 69.3 Å². The molecule has 2 aromatic heterocycles. The Morgan fingerprint density at radius 3 is 2.56 bits per heavy atom. The lowest BCUT2D eigenvalue weighted by Gasteiger charge is -2.33. The van der Waals surface area contributed by atoms with E-state index in [-0.39, 0.29) is 59.3 Å². The quantitative estimate of drug-likeness (QED) is 0.267. The average molecular weight is 614 g/mol. The smallest absolute Gasteiger partial charge is 0.407 e. The summed E-state index contributed by atoms with van der Waals surface area (Å²) in [6.07, 6.45) is -1.16. The van der Waals surface area contributed by atoms with Crippen LogP contribution in [0.4, 0.5) is 25.2 Å². The molecule has 0 aliphatic carbocycles. The van der Waals surface area contributed by atoms with Crippen molar-refractivity contribution in [2.24, 2.45) is 0 Å². The number of likely N-dealkylation sites (tertiary alicyclic amines) is 1. The first-order chi connectivity index (χ1) is 20.4. The van der Waals surface area contributed by atoms with Crippen molar-refractivity contribution in [3.8, 4) is 11.3 Å². The Kier molecular flexibility index (Phi) is 8.26. The summed E-state index contributed by atoms with van der Waals surface area (Å²) in [5.41, 5.74) is 0.126. The number of amides is 1. The van der Waals surface area contributed by atoms with Gasteiger partial charge in [0.1, 0.15) is 23.2 Å². The second-order valence-electron chi connectivity index (χ2n) is 10.5. The van der Waals surface area contributed by atoms with E-state index in [9.17, 15) is 27.5 Å². The van der Waals surface area contributed by atoms with Crippen LogP contribution in [0, 0.1) is 5.82 Å². The van der Waals surface area contributed by atoms with Gasteiger partial charge in [0.15, 0.2) is 5.65 Å². The second-order valence-corrected chi connectivity index (χ2v) is 12.3. The lowest BCUT2D eigenvalue weighted by atomic mass is 10.0. The van der Waals surface area contributed by atoms with Crippen molar-refractivity contribution in [1.82, 2.24) is 24.4 Å². The van der Waals surface area contributed by atoms with E-state index in [0.29, 0.717) is 5.56 Å². The monoisotopic (exact) mass is 613 g/mol. The number of benzene rings is 2. The van der Waals surface area contributed by atoms with Gasteiger partial charge < -0.3 is 15.3 Å². The van der Waals surface area contributed by atoms with E-state index in [1.165, 1.54) is 22.9 Å². The maximum Gasteiger partial charge on any atom is 0.407 e. The van der Waals surface area contributed by atoms with E-state index in [4.69, 9.17) is 0 Å². The molecule has 12 nitrogen and oxygen atoms in total. The van der Waals surface area contributed by atoms with Crippen LogP contribution in [0.25, 0.3) is 22.4 Å². The molecule has 226 valence electrons. The number of fused-ring (bicyclic) bond motifs is 1. The van der Waals surface area contributed by atoms with E-state index in [1.54, 1.807) is 44.2 Å². The summed E-state index contributed by atoms with van der Waals surface area (Å²) in [5, 5.41) is 12.2. The Hall–Kier alpha value is -4.66. The Morgan fingerprint density at radius 1 is 1.14 bits per heavy atom. The molecule has 0 radical (unpaired) electrons. The van der Waals surface area contributed by atoms with Gasteiger partial charge in [-0.25, -0.2) is 32.0 Å². The van der Waals surface area contributed by atoms with Crippen molar-refractivity contribution in [3.05, 3.63) is 76.5 Å². The molecule has 0 bridgehead atoms. The number of rotatable bonds is 8. The van der Waals surface area contributed by atoms with Crippen LogP contribution in [0.2, 0.25) is 0 Å². The molecule has 3 N–H and O–H groups in total. The Labute approximate surface area is 245 Å². The molecule has 43 heavy (non-hydrogen) atoms. The first-order valence-corrected chi connectivity index (χ1v) is 15.1. The van der Waals surface area contributed by atoms with Crippen LogP contribution in [-0.2, 0) is 15.8 Å². The van der Waals surface area contributed by atoms with Gasteiger partial charge in [-0.05, 0) is 31.5 Å². The van der Waals surface area contributed by atoms with E-state index in [2.05, 4.69) is 25.0 Å². The predicted molar refractivity (Wildman–Crippen MR) is 157 cm³/mol. The molecule has 1 aliphatic heterocycles. The van der Waals surface area contributed by atoms with Gasteiger partial charge in [0.25, 0.3) is 5.56 Å². The van der Waals surface area contributed by atoms with E-state index < -0.39 is 45.7 Å².